The topological polar surface area (TPSA) is 35.5 Å². The lowest BCUT2D eigenvalue weighted by Gasteiger charge is -2.13. The van der Waals surface area contributed by atoms with Gasteiger partial charge in [0.25, 0.3) is 0 Å². The average Bonchev–Trinajstić information content (AvgIpc) is 2.39. The van der Waals surface area contributed by atoms with Crippen LogP contribution in [0.2, 0.25) is 0 Å². The van der Waals surface area contributed by atoms with Gasteiger partial charge < -0.3 is 9.47 Å². The zero-order valence-electron chi connectivity index (χ0n) is 9.84. The first-order valence-corrected chi connectivity index (χ1v) is 5.35. The SMILES string of the molecule is COC(=O)C(OC)c1ccc2ccccc2c1. The van der Waals surface area contributed by atoms with E-state index in [1.165, 1.54) is 14.2 Å². The molecule has 88 valence electrons. The van der Waals surface area contributed by atoms with E-state index in [1.807, 2.05) is 42.5 Å². The molecule has 3 nitrogen and oxygen atoms in total. The molecule has 0 radical (unpaired) electrons. The van der Waals surface area contributed by atoms with Crippen molar-refractivity contribution < 1.29 is 14.3 Å². The first kappa shape index (κ1) is 11.6. The summed E-state index contributed by atoms with van der Waals surface area (Å²) in [6, 6.07) is 13.8. The Balaban J connectivity index is 2.44. The van der Waals surface area contributed by atoms with Crippen LogP contribution in [0.1, 0.15) is 11.7 Å². The van der Waals surface area contributed by atoms with Gasteiger partial charge in [0.1, 0.15) is 0 Å². The van der Waals surface area contributed by atoms with Gasteiger partial charge in [-0.2, -0.15) is 0 Å². The van der Waals surface area contributed by atoms with Gasteiger partial charge in [-0.25, -0.2) is 4.79 Å². The van der Waals surface area contributed by atoms with Crippen LogP contribution in [0.15, 0.2) is 42.5 Å². The van der Waals surface area contributed by atoms with E-state index >= 15 is 0 Å². The number of rotatable bonds is 3. The van der Waals surface area contributed by atoms with Crippen LogP contribution in [-0.2, 0) is 14.3 Å². The molecule has 0 amide bonds. The smallest absolute Gasteiger partial charge is 0.339 e. The van der Waals surface area contributed by atoms with E-state index < -0.39 is 6.10 Å². The standard InChI is InChI=1S/C14H14O3/c1-16-13(14(15)17-2)12-8-7-10-5-3-4-6-11(10)9-12/h3-9,13H,1-2H3. The van der Waals surface area contributed by atoms with Crippen molar-refractivity contribution >= 4 is 16.7 Å². The fourth-order valence-electron chi connectivity index (χ4n) is 1.85. The van der Waals surface area contributed by atoms with Crippen molar-refractivity contribution in [1.29, 1.82) is 0 Å². The lowest BCUT2D eigenvalue weighted by molar-refractivity contribution is -0.152. The van der Waals surface area contributed by atoms with Gasteiger partial charge in [0, 0.05) is 7.11 Å². The highest BCUT2D eigenvalue weighted by Gasteiger charge is 2.20. The van der Waals surface area contributed by atoms with Crippen LogP contribution in [-0.4, -0.2) is 20.2 Å². The van der Waals surface area contributed by atoms with Crippen molar-refractivity contribution in [2.45, 2.75) is 6.10 Å². The van der Waals surface area contributed by atoms with Crippen LogP contribution >= 0.6 is 0 Å². The number of carbonyl (C=O) groups excluding carboxylic acids is 1. The summed E-state index contributed by atoms with van der Waals surface area (Å²) in [5.41, 5.74) is 0.804. The molecule has 0 bridgehead atoms. The first-order chi connectivity index (χ1) is 8.26. The van der Waals surface area contributed by atoms with Crippen LogP contribution in [0.3, 0.4) is 0 Å². The third-order valence-electron chi connectivity index (χ3n) is 2.73. The normalized spacial score (nSPS) is 12.4. The van der Waals surface area contributed by atoms with Gasteiger partial charge in [0.05, 0.1) is 7.11 Å². The summed E-state index contributed by atoms with van der Waals surface area (Å²) in [5, 5.41) is 2.21. The van der Waals surface area contributed by atoms with Gasteiger partial charge in [-0.3, -0.25) is 0 Å². The van der Waals surface area contributed by atoms with Crippen molar-refractivity contribution in [1.82, 2.24) is 0 Å². The summed E-state index contributed by atoms with van der Waals surface area (Å²) < 4.78 is 9.87. The molecule has 0 heterocycles. The van der Waals surface area contributed by atoms with Crippen LogP contribution in [0.4, 0.5) is 0 Å². The summed E-state index contributed by atoms with van der Waals surface area (Å²) in [6.45, 7) is 0. The number of hydrogen-bond donors (Lipinski definition) is 0. The Bertz CT molecular complexity index is 534. The van der Waals surface area contributed by atoms with E-state index in [0.29, 0.717) is 0 Å². The third kappa shape index (κ3) is 2.29. The number of ether oxygens (including phenoxy) is 2. The Morgan fingerprint density at radius 1 is 1.06 bits per heavy atom. The maximum Gasteiger partial charge on any atom is 0.339 e. The number of benzene rings is 2. The molecule has 17 heavy (non-hydrogen) atoms. The summed E-state index contributed by atoms with van der Waals surface area (Å²) in [7, 11) is 2.85. The van der Waals surface area contributed by atoms with E-state index in [2.05, 4.69) is 0 Å². The third-order valence-corrected chi connectivity index (χ3v) is 2.73. The molecule has 0 fully saturated rings. The maximum atomic E-state index is 11.5. The molecule has 2 aromatic carbocycles. The Morgan fingerprint density at radius 3 is 2.41 bits per heavy atom. The van der Waals surface area contributed by atoms with Crippen molar-refractivity contribution in [3.63, 3.8) is 0 Å². The van der Waals surface area contributed by atoms with Crippen molar-refractivity contribution in [3.8, 4) is 0 Å². The van der Waals surface area contributed by atoms with Gasteiger partial charge in [-0.1, -0.05) is 36.4 Å². The molecule has 0 aromatic heterocycles. The molecule has 0 N–H and O–H groups in total. The molecule has 0 aliphatic heterocycles. The number of methoxy groups -OCH3 is 2. The molecule has 1 unspecified atom stereocenters. The van der Waals surface area contributed by atoms with E-state index in [-0.39, 0.29) is 5.97 Å². The molecule has 0 spiro atoms. The summed E-state index contributed by atoms with van der Waals surface area (Å²) >= 11 is 0. The first-order valence-electron chi connectivity index (χ1n) is 5.35. The molecule has 2 rings (SSSR count). The zero-order chi connectivity index (χ0) is 12.3. The lowest BCUT2D eigenvalue weighted by atomic mass is 10.0. The van der Waals surface area contributed by atoms with Crippen LogP contribution in [0.5, 0.6) is 0 Å². The minimum absolute atomic E-state index is 0.386. The van der Waals surface area contributed by atoms with E-state index in [9.17, 15) is 4.79 Å². The zero-order valence-corrected chi connectivity index (χ0v) is 9.84. The largest absolute Gasteiger partial charge is 0.467 e. The molecule has 0 aliphatic carbocycles. The minimum Gasteiger partial charge on any atom is -0.467 e. The van der Waals surface area contributed by atoms with Crippen molar-refractivity contribution in [2.75, 3.05) is 14.2 Å². The predicted octanol–water partition coefficient (Wildman–Crippen LogP) is 2.70. The highest BCUT2D eigenvalue weighted by Crippen LogP contribution is 2.23. The number of fused-ring (bicyclic) bond motifs is 1. The van der Waals surface area contributed by atoms with E-state index in [1.54, 1.807) is 0 Å². The second-order valence-corrected chi connectivity index (χ2v) is 3.75. The van der Waals surface area contributed by atoms with Crippen LogP contribution < -0.4 is 0 Å². The molecule has 0 saturated heterocycles. The Morgan fingerprint density at radius 2 is 1.76 bits per heavy atom. The molecular formula is C14H14O3. The molecule has 0 saturated carbocycles. The monoisotopic (exact) mass is 230 g/mol. The van der Waals surface area contributed by atoms with E-state index in [4.69, 9.17) is 9.47 Å². The Kier molecular flexibility index (Phi) is 3.40. The molecule has 0 aliphatic rings. The van der Waals surface area contributed by atoms with Gasteiger partial charge >= 0.3 is 5.97 Å². The van der Waals surface area contributed by atoms with Gasteiger partial charge in [0.15, 0.2) is 6.10 Å². The summed E-state index contributed by atoms with van der Waals surface area (Å²) in [5.74, 6) is -0.386. The number of hydrogen-bond acceptors (Lipinski definition) is 3. The predicted molar refractivity (Wildman–Crippen MR) is 65.7 cm³/mol. The maximum absolute atomic E-state index is 11.5. The quantitative estimate of drug-likeness (QED) is 0.760. The second kappa shape index (κ2) is 4.97. The van der Waals surface area contributed by atoms with Crippen molar-refractivity contribution in [3.05, 3.63) is 48.0 Å². The van der Waals surface area contributed by atoms with Crippen LogP contribution in [0.25, 0.3) is 10.8 Å². The Hall–Kier alpha value is -1.87. The molecule has 2 aromatic rings. The fourth-order valence-corrected chi connectivity index (χ4v) is 1.85. The minimum atomic E-state index is -0.662. The summed E-state index contributed by atoms with van der Waals surface area (Å²) in [6.07, 6.45) is -0.662. The highest BCUT2D eigenvalue weighted by molar-refractivity contribution is 5.85. The average molecular weight is 230 g/mol. The van der Waals surface area contributed by atoms with Gasteiger partial charge in [-0.15, -0.1) is 0 Å². The fraction of sp³-hybridized carbons (Fsp3) is 0.214. The Labute approximate surface area is 100.0 Å². The highest BCUT2D eigenvalue weighted by atomic mass is 16.6. The number of carbonyl (C=O) groups is 1. The van der Waals surface area contributed by atoms with Crippen LogP contribution in [0, 0.1) is 0 Å². The van der Waals surface area contributed by atoms with Crippen molar-refractivity contribution in [2.24, 2.45) is 0 Å². The van der Waals surface area contributed by atoms with Gasteiger partial charge in [-0.05, 0) is 22.4 Å². The molecule has 1 atom stereocenters. The van der Waals surface area contributed by atoms with Gasteiger partial charge in [0.2, 0.25) is 0 Å². The molecular weight excluding hydrogens is 216 g/mol. The molecule has 3 heteroatoms. The second-order valence-electron chi connectivity index (χ2n) is 3.75. The summed E-state index contributed by atoms with van der Waals surface area (Å²) in [4.78, 5) is 11.5. The number of esters is 1. The van der Waals surface area contributed by atoms with E-state index in [0.717, 1.165) is 16.3 Å². The lowest BCUT2D eigenvalue weighted by Crippen LogP contribution is -2.15.